The van der Waals surface area contributed by atoms with Gasteiger partial charge in [-0.25, -0.2) is 0 Å². The van der Waals surface area contributed by atoms with Crippen molar-refractivity contribution in [3.63, 3.8) is 0 Å². The van der Waals surface area contributed by atoms with Crippen LogP contribution in [0.5, 0.6) is 23.0 Å². The van der Waals surface area contributed by atoms with Crippen molar-refractivity contribution in [1.82, 2.24) is 0 Å². The number of aliphatic hydroxyl groups is 1. The molecule has 0 saturated heterocycles. The molecule has 5 N–H and O–H groups in total. The first-order valence-corrected chi connectivity index (χ1v) is 14.8. The lowest BCUT2D eigenvalue weighted by molar-refractivity contribution is -0.0809. The topological polar surface area (TPSA) is 131 Å². The zero-order valence-electron chi connectivity index (χ0n) is 24.7. The van der Waals surface area contributed by atoms with Crippen LogP contribution in [-0.2, 0) is 6.42 Å². The van der Waals surface area contributed by atoms with Crippen molar-refractivity contribution in [2.24, 2.45) is 22.7 Å². The number of phenolic OH excluding ortho intramolecular Hbond substituents is 4. The molecule has 0 spiro atoms. The highest BCUT2D eigenvalue weighted by Crippen LogP contribution is 2.62. The molecular formula is C35H40O7. The highest BCUT2D eigenvalue weighted by molar-refractivity contribution is 5.89. The molecule has 1 aromatic heterocycles. The van der Waals surface area contributed by atoms with Gasteiger partial charge < -0.3 is 29.9 Å². The molecule has 5 atom stereocenters. The molecule has 3 aromatic rings. The lowest BCUT2D eigenvalue weighted by atomic mass is 9.46. The third-order valence-electron chi connectivity index (χ3n) is 10.9. The van der Waals surface area contributed by atoms with Crippen LogP contribution in [-0.4, -0.2) is 31.6 Å². The molecule has 0 amide bonds. The predicted molar refractivity (Wildman–Crippen MR) is 162 cm³/mol. The van der Waals surface area contributed by atoms with Crippen molar-refractivity contribution < 1.29 is 29.9 Å². The Morgan fingerprint density at radius 1 is 1.07 bits per heavy atom. The van der Waals surface area contributed by atoms with E-state index in [1.54, 1.807) is 0 Å². The fourth-order valence-corrected chi connectivity index (χ4v) is 8.65. The number of hydrogen-bond acceptors (Lipinski definition) is 7. The molecule has 3 aliphatic rings. The number of aliphatic hydroxyl groups excluding tert-OH is 1. The molecule has 222 valence electrons. The Morgan fingerprint density at radius 3 is 2.52 bits per heavy atom. The monoisotopic (exact) mass is 572 g/mol. The van der Waals surface area contributed by atoms with Crippen LogP contribution in [0.3, 0.4) is 0 Å². The lowest BCUT2D eigenvalue weighted by Gasteiger charge is -2.59. The van der Waals surface area contributed by atoms with E-state index >= 15 is 0 Å². The second kappa shape index (κ2) is 9.66. The second-order valence-electron chi connectivity index (χ2n) is 13.7. The van der Waals surface area contributed by atoms with Gasteiger partial charge in [0.15, 0.2) is 0 Å². The number of fused-ring (bicyclic) bond motifs is 5. The summed E-state index contributed by atoms with van der Waals surface area (Å²) in [7, 11) is 0. The van der Waals surface area contributed by atoms with Gasteiger partial charge in [0, 0.05) is 23.6 Å². The van der Waals surface area contributed by atoms with Gasteiger partial charge >= 0.3 is 0 Å². The summed E-state index contributed by atoms with van der Waals surface area (Å²) in [5.74, 6) is -0.769. The number of aromatic hydroxyl groups is 4. The number of hydrogen-bond donors (Lipinski definition) is 5. The average molecular weight is 573 g/mol. The van der Waals surface area contributed by atoms with E-state index in [0.717, 1.165) is 42.9 Å². The maximum absolute atomic E-state index is 14.0. The van der Waals surface area contributed by atoms with Crippen molar-refractivity contribution >= 4 is 11.0 Å². The van der Waals surface area contributed by atoms with E-state index in [2.05, 4.69) is 33.4 Å². The van der Waals surface area contributed by atoms with E-state index < -0.39 is 17.5 Å². The number of allylic oxidation sites excluding steroid dienone is 2. The van der Waals surface area contributed by atoms with Gasteiger partial charge in [-0.2, -0.15) is 0 Å². The van der Waals surface area contributed by atoms with E-state index in [-0.39, 0.29) is 74.0 Å². The zero-order valence-corrected chi connectivity index (χ0v) is 24.7. The minimum Gasteiger partial charge on any atom is -0.508 e. The predicted octanol–water partition coefficient (Wildman–Crippen LogP) is 7.03. The molecule has 7 heteroatoms. The minimum absolute atomic E-state index is 0.0149. The van der Waals surface area contributed by atoms with Crippen LogP contribution in [0.15, 0.2) is 57.3 Å². The summed E-state index contributed by atoms with van der Waals surface area (Å²) in [6.07, 6.45) is 6.52. The quantitative estimate of drug-likeness (QED) is 0.168. The number of benzene rings is 2. The molecule has 6 rings (SSSR count). The SMILES string of the molecule is C=C1[C@@H](C/C=C(\C)[C@H]2Cc3c(O)ccc(O)c3-c3oc4cc(O)cc(O)c4c(=O)c32)[C@@]2(C)CCCC(C)(C)[C@@H]2C[C@@H]1O. The van der Waals surface area contributed by atoms with Gasteiger partial charge in [0.25, 0.3) is 0 Å². The molecule has 7 nitrogen and oxygen atoms in total. The fourth-order valence-electron chi connectivity index (χ4n) is 8.65. The van der Waals surface area contributed by atoms with E-state index in [9.17, 15) is 30.3 Å². The van der Waals surface area contributed by atoms with E-state index in [4.69, 9.17) is 4.42 Å². The Balaban J connectivity index is 1.48. The Bertz CT molecular complexity index is 1710. The standard InChI is InChI=1S/C35H40O7/c1-17(7-8-22-18(2)25(39)16-28-34(3,4)11-6-12-35(22,28)5)20-15-21-23(37)9-10-24(38)29(21)33-30(20)32(41)31-26(40)13-19(36)14-27(31)42-33/h7,9-10,13-14,20,22,25,28,36-40H,2,6,8,11-12,15-16H2,1,3-5H3/b17-7+/t20-,22-,25+,28+,35-/m1/s1. The molecular weight excluding hydrogens is 532 g/mol. The molecule has 1 heterocycles. The lowest BCUT2D eigenvalue weighted by Crippen LogP contribution is -2.52. The molecule has 2 aromatic carbocycles. The van der Waals surface area contributed by atoms with E-state index in [0.29, 0.717) is 17.9 Å². The van der Waals surface area contributed by atoms with Crippen molar-refractivity contribution in [2.45, 2.75) is 78.2 Å². The first kappa shape index (κ1) is 28.4. The van der Waals surface area contributed by atoms with Crippen LogP contribution in [0.4, 0.5) is 0 Å². The molecule has 42 heavy (non-hydrogen) atoms. The third-order valence-corrected chi connectivity index (χ3v) is 10.9. The molecule has 2 fully saturated rings. The zero-order chi connectivity index (χ0) is 30.3. The number of phenols is 4. The van der Waals surface area contributed by atoms with Gasteiger partial charge in [0.1, 0.15) is 39.7 Å². The Morgan fingerprint density at radius 2 is 1.79 bits per heavy atom. The molecule has 0 bridgehead atoms. The van der Waals surface area contributed by atoms with Gasteiger partial charge in [-0.3, -0.25) is 4.79 Å². The van der Waals surface area contributed by atoms with Crippen molar-refractivity contribution in [1.29, 1.82) is 0 Å². The summed E-state index contributed by atoms with van der Waals surface area (Å²) in [6, 6.07) is 5.14. The summed E-state index contributed by atoms with van der Waals surface area (Å²) in [6.45, 7) is 13.3. The number of rotatable bonds is 3. The summed E-state index contributed by atoms with van der Waals surface area (Å²) in [4.78, 5) is 14.0. The fraction of sp³-hybridized carbons (Fsp3) is 0.457. The smallest absolute Gasteiger partial charge is 0.200 e. The van der Waals surface area contributed by atoms with Crippen LogP contribution >= 0.6 is 0 Å². The van der Waals surface area contributed by atoms with Gasteiger partial charge in [0.2, 0.25) is 5.43 Å². The van der Waals surface area contributed by atoms with E-state index in [1.165, 1.54) is 18.2 Å². The molecule has 0 unspecified atom stereocenters. The van der Waals surface area contributed by atoms with Gasteiger partial charge in [-0.1, -0.05) is 45.4 Å². The van der Waals surface area contributed by atoms with Crippen LogP contribution in [0.25, 0.3) is 22.3 Å². The van der Waals surface area contributed by atoms with Crippen LogP contribution < -0.4 is 5.43 Å². The molecule has 0 radical (unpaired) electrons. The van der Waals surface area contributed by atoms with Crippen LogP contribution in [0.2, 0.25) is 0 Å². The van der Waals surface area contributed by atoms with Crippen molar-refractivity contribution in [2.75, 3.05) is 0 Å². The minimum atomic E-state index is -0.556. The molecule has 2 saturated carbocycles. The second-order valence-corrected chi connectivity index (χ2v) is 13.7. The van der Waals surface area contributed by atoms with E-state index in [1.807, 2.05) is 6.92 Å². The molecule has 3 aliphatic carbocycles. The maximum Gasteiger partial charge on any atom is 0.200 e. The summed E-state index contributed by atoms with van der Waals surface area (Å²) in [5, 5.41) is 53.3. The summed E-state index contributed by atoms with van der Waals surface area (Å²) >= 11 is 0. The highest BCUT2D eigenvalue weighted by atomic mass is 16.3. The Kier molecular flexibility index (Phi) is 6.54. The van der Waals surface area contributed by atoms with Crippen LogP contribution in [0.1, 0.15) is 76.8 Å². The van der Waals surface area contributed by atoms with Gasteiger partial charge in [-0.05, 0) is 79.4 Å². The highest BCUT2D eigenvalue weighted by Gasteiger charge is 2.54. The summed E-state index contributed by atoms with van der Waals surface area (Å²) in [5.41, 5.74) is 2.38. The van der Waals surface area contributed by atoms with Gasteiger partial charge in [0.05, 0.1) is 17.2 Å². The maximum atomic E-state index is 14.0. The average Bonchev–Trinajstić information content (AvgIpc) is 2.90. The van der Waals surface area contributed by atoms with Crippen molar-refractivity contribution in [3.05, 3.63) is 69.4 Å². The van der Waals surface area contributed by atoms with Crippen LogP contribution in [0, 0.1) is 22.7 Å². The largest absolute Gasteiger partial charge is 0.508 e. The Hall–Kier alpha value is -3.71. The Labute approximate surface area is 245 Å². The van der Waals surface area contributed by atoms with Gasteiger partial charge in [-0.15, -0.1) is 0 Å². The third kappa shape index (κ3) is 4.16. The van der Waals surface area contributed by atoms with Crippen molar-refractivity contribution in [3.8, 4) is 34.3 Å². The first-order chi connectivity index (χ1) is 19.7. The summed E-state index contributed by atoms with van der Waals surface area (Å²) < 4.78 is 6.14. The molecule has 0 aliphatic heterocycles. The first-order valence-electron chi connectivity index (χ1n) is 14.8. The normalized spacial score (nSPS) is 28.7.